The molecule has 29 heavy (non-hydrogen) atoms. The molecule has 0 aromatic heterocycles. The summed E-state index contributed by atoms with van der Waals surface area (Å²) in [5.41, 5.74) is 2.61. The lowest BCUT2D eigenvalue weighted by Gasteiger charge is -2.38. The van der Waals surface area contributed by atoms with Gasteiger partial charge in [-0.05, 0) is 50.9 Å². The quantitative estimate of drug-likeness (QED) is 0.446. The van der Waals surface area contributed by atoms with E-state index in [9.17, 15) is 9.90 Å². The zero-order valence-electron chi connectivity index (χ0n) is 19.7. The van der Waals surface area contributed by atoms with Crippen molar-refractivity contribution in [2.75, 3.05) is 20.2 Å². The van der Waals surface area contributed by atoms with E-state index in [-0.39, 0.29) is 17.6 Å². The van der Waals surface area contributed by atoms with Crippen LogP contribution >= 0.6 is 0 Å². The van der Waals surface area contributed by atoms with Crippen LogP contribution in [0.2, 0.25) is 18.1 Å². The number of benzene rings is 1. The second kappa shape index (κ2) is 9.81. The first kappa shape index (κ1) is 25.2. The topological polar surface area (TPSA) is 59.0 Å². The van der Waals surface area contributed by atoms with Gasteiger partial charge in [-0.1, -0.05) is 26.8 Å². The molecule has 6 heteroatoms. The SMILES string of the molecule is C=CCc1c(OC)c(C)c(CO)c(C(=O)N(CC)CC)c1O[Si](C)(C)C(C)(C)C. The maximum absolute atomic E-state index is 13.5. The minimum absolute atomic E-state index is 0.0501. The van der Waals surface area contributed by atoms with E-state index >= 15 is 0 Å². The number of carbonyl (C=O) groups excluding carboxylic acids is 1. The smallest absolute Gasteiger partial charge is 0.257 e. The monoisotopic (exact) mass is 421 g/mol. The Bertz CT molecular complexity index is 746. The molecule has 0 aliphatic rings. The van der Waals surface area contributed by atoms with E-state index in [4.69, 9.17) is 9.16 Å². The summed E-state index contributed by atoms with van der Waals surface area (Å²) >= 11 is 0. The Hall–Kier alpha value is -1.79. The molecular formula is C23H39NO4Si. The molecule has 0 aliphatic carbocycles. The minimum atomic E-state index is -2.27. The van der Waals surface area contributed by atoms with Crippen molar-refractivity contribution >= 4 is 14.2 Å². The number of amides is 1. The van der Waals surface area contributed by atoms with Crippen LogP contribution < -0.4 is 9.16 Å². The van der Waals surface area contributed by atoms with Crippen LogP contribution in [-0.2, 0) is 13.0 Å². The summed E-state index contributed by atoms with van der Waals surface area (Å²) in [4.78, 5) is 15.3. The molecule has 1 aromatic rings. The maximum atomic E-state index is 13.5. The predicted octanol–water partition coefficient (Wildman–Crippen LogP) is 5.09. The van der Waals surface area contributed by atoms with Crippen LogP contribution in [0.1, 0.15) is 61.7 Å². The molecule has 0 atom stereocenters. The van der Waals surface area contributed by atoms with Crippen LogP contribution in [0, 0.1) is 6.92 Å². The van der Waals surface area contributed by atoms with Crippen LogP contribution in [-0.4, -0.2) is 44.4 Å². The number of methoxy groups -OCH3 is 1. The highest BCUT2D eigenvalue weighted by Crippen LogP contribution is 2.45. The molecule has 164 valence electrons. The molecule has 0 heterocycles. The van der Waals surface area contributed by atoms with Gasteiger partial charge in [-0.25, -0.2) is 0 Å². The van der Waals surface area contributed by atoms with E-state index < -0.39 is 8.32 Å². The van der Waals surface area contributed by atoms with Crippen molar-refractivity contribution < 1.29 is 19.1 Å². The molecule has 0 saturated heterocycles. The van der Waals surface area contributed by atoms with Crippen molar-refractivity contribution in [1.82, 2.24) is 4.90 Å². The Morgan fingerprint density at radius 3 is 2.10 bits per heavy atom. The largest absolute Gasteiger partial charge is 0.543 e. The number of carbonyl (C=O) groups is 1. The Kier molecular flexibility index (Phi) is 8.54. The lowest BCUT2D eigenvalue weighted by Crippen LogP contribution is -2.45. The van der Waals surface area contributed by atoms with Gasteiger partial charge in [0.2, 0.25) is 0 Å². The Balaban J connectivity index is 4.01. The molecule has 1 aromatic carbocycles. The van der Waals surface area contributed by atoms with Crippen LogP contribution in [0.25, 0.3) is 0 Å². The molecule has 1 amide bonds. The van der Waals surface area contributed by atoms with Crippen molar-refractivity contribution in [3.8, 4) is 11.5 Å². The van der Waals surface area contributed by atoms with Crippen molar-refractivity contribution in [3.63, 3.8) is 0 Å². The van der Waals surface area contributed by atoms with Crippen LogP contribution in [0.5, 0.6) is 11.5 Å². The molecule has 0 spiro atoms. The summed E-state index contributed by atoms with van der Waals surface area (Å²) in [7, 11) is -0.660. The average molecular weight is 422 g/mol. The molecule has 1 rings (SSSR count). The number of allylic oxidation sites excluding steroid dienone is 1. The van der Waals surface area contributed by atoms with Crippen molar-refractivity contribution in [2.24, 2.45) is 0 Å². The second-order valence-electron chi connectivity index (χ2n) is 8.81. The van der Waals surface area contributed by atoms with Crippen LogP contribution in [0.3, 0.4) is 0 Å². The first-order valence-corrected chi connectivity index (χ1v) is 13.2. The standard InChI is InChI=1S/C23H39NO4Si/c1-11-14-17-20(27-8)16(4)18(15-25)19(22(26)24(12-2)13-3)21(17)28-29(9,10)23(5,6)7/h11,25H,1,12-15H2,2-10H3. The third-order valence-electron chi connectivity index (χ3n) is 6.01. The van der Waals surface area contributed by atoms with E-state index in [0.717, 1.165) is 11.1 Å². The highest BCUT2D eigenvalue weighted by Gasteiger charge is 2.41. The van der Waals surface area contributed by atoms with Gasteiger partial charge in [0.25, 0.3) is 14.2 Å². The third-order valence-corrected chi connectivity index (χ3v) is 10.3. The van der Waals surface area contributed by atoms with Gasteiger partial charge in [0.15, 0.2) is 0 Å². The first-order valence-electron chi connectivity index (χ1n) is 10.3. The molecule has 0 fully saturated rings. The molecule has 0 saturated carbocycles. The third kappa shape index (κ3) is 5.04. The maximum Gasteiger partial charge on any atom is 0.257 e. The summed E-state index contributed by atoms with van der Waals surface area (Å²) < 4.78 is 12.4. The number of ether oxygens (including phenoxy) is 1. The number of hydrogen-bond donors (Lipinski definition) is 1. The molecule has 0 unspecified atom stereocenters. The minimum Gasteiger partial charge on any atom is -0.543 e. The Morgan fingerprint density at radius 1 is 1.17 bits per heavy atom. The lowest BCUT2D eigenvalue weighted by atomic mass is 9.93. The molecule has 0 radical (unpaired) electrons. The van der Waals surface area contributed by atoms with Gasteiger partial charge in [-0.15, -0.1) is 6.58 Å². The highest BCUT2D eigenvalue weighted by molar-refractivity contribution is 6.74. The van der Waals surface area contributed by atoms with Gasteiger partial charge in [-0.3, -0.25) is 4.79 Å². The summed E-state index contributed by atoms with van der Waals surface area (Å²) in [5, 5.41) is 10.2. The van der Waals surface area contributed by atoms with E-state index in [1.54, 1.807) is 18.1 Å². The number of aliphatic hydroxyl groups is 1. The normalized spacial score (nSPS) is 11.9. The number of aliphatic hydroxyl groups excluding tert-OH is 1. The summed E-state index contributed by atoms with van der Waals surface area (Å²) in [6.07, 6.45) is 2.30. The molecule has 0 aliphatic heterocycles. The van der Waals surface area contributed by atoms with Gasteiger partial charge in [0, 0.05) is 24.2 Å². The van der Waals surface area contributed by atoms with Crippen molar-refractivity contribution in [2.45, 2.75) is 72.7 Å². The fourth-order valence-corrected chi connectivity index (χ4v) is 4.20. The fourth-order valence-electron chi connectivity index (χ4n) is 3.16. The van der Waals surface area contributed by atoms with Gasteiger partial charge in [0.1, 0.15) is 11.5 Å². The molecule has 0 bridgehead atoms. The Labute approximate surface area is 177 Å². The Morgan fingerprint density at radius 2 is 1.72 bits per heavy atom. The number of rotatable bonds is 9. The second-order valence-corrected chi connectivity index (χ2v) is 13.5. The van der Waals surface area contributed by atoms with Gasteiger partial charge in [-0.2, -0.15) is 0 Å². The van der Waals surface area contributed by atoms with Gasteiger partial charge < -0.3 is 19.2 Å². The van der Waals surface area contributed by atoms with E-state index in [1.807, 2.05) is 20.8 Å². The van der Waals surface area contributed by atoms with Crippen molar-refractivity contribution in [3.05, 3.63) is 34.9 Å². The highest BCUT2D eigenvalue weighted by atomic mass is 28.4. The van der Waals surface area contributed by atoms with Crippen molar-refractivity contribution in [1.29, 1.82) is 0 Å². The lowest BCUT2D eigenvalue weighted by molar-refractivity contribution is 0.0767. The van der Waals surface area contributed by atoms with Gasteiger partial charge in [0.05, 0.1) is 19.3 Å². The van der Waals surface area contributed by atoms with E-state index in [1.165, 1.54) is 0 Å². The molecule has 5 nitrogen and oxygen atoms in total. The summed E-state index contributed by atoms with van der Waals surface area (Å²) in [5.74, 6) is 1.07. The summed E-state index contributed by atoms with van der Waals surface area (Å²) in [6, 6.07) is 0. The zero-order valence-corrected chi connectivity index (χ0v) is 20.7. The predicted molar refractivity (Wildman–Crippen MR) is 123 cm³/mol. The number of hydrogen-bond acceptors (Lipinski definition) is 4. The first-order chi connectivity index (χ1) is 13.4. The van der Waals surface area contributed by atoms with E-state index in [0.29, 0.717) is 42.1 Å². The average Bonchev–Trinajstić information content (AvgIpc) is 2.63. The summed E-state index contributed by atoms with van der Waals surface area (Å²) in [6.45, 7) is 21.4. The molecular weight excluding hydrogens is 382 g/mol. The fraction of sp³-hybridized carbons (Fsp3) is 0.609. The number of nitrogens with zero attached hydrogens (tertiary/aromatic N) is 1. The van der Waals surface area contributed by atoms with Gasteiger partial charge >= 0.3 is 0 Å². The van der Waals surface area contributed by atoms with E-state index in [2.05, 4.69) is 40.4 Å². The molecule has 1 N–H and O–H groups in total. The zero-order chi connectivity index (χ0) is 22.6. The van der Waals surface area contributed by atoms with Crippen LogP contribution in [0.4, 0.5) is 0 Å². The van der Waals surface area contributed by atoms with Crippen LogP contribution in [0.15, 0.2) is 12.7 Å².